The summed E-state index contributed by atoms with van der Waals surface area (Å²) < 4.78 is 0.893. The molecule has 0 radical (unpaired) electrons. The van der Waals surface area contributed by atoms with Gasteiger partial charge in [-0.25, -0.2) is 0 Å². The Balaban J connectivity index is 2.20. The largest absolute Gasteiger partial charge is 0.321 e. The van der Waals surface area contributed by atoms with Gasteiger partial charge in [-0.15, -0.1) is 11.3 Å². The van der Waals surface area contributed by atoms with Gasteiger partial charge in [0.05, 0.1) is 13.6 Å². The lowest BCUT2D eigenvalue weighted by atomic mass is 10.2. The van der Waals surface area contributed by atoms with E-state index in [-0.39, 0.29) is 16.6 Å². The number of aryl methyl sites for hydroxylation is 1. The molecule has 0 atom stereocenters. The van der Waals surface area contributed by atoms with Gasteiger partial charge in [-0.1, -0.05) is 11.6 Å². The number of nitrogens with one attached hydrogen (secondary N) is 1. The number of anilines is 1. The van der Waals surface area contributed by atoms with Gasteiger partial charge in [0.1, 0.15) is 5.02 Å². The fourth-order valence-electron chi connectivity index (χ4n) is 1.50. The molecule has 8 heteroatoms. The van der Waals surface area contributed by atoms with E-state index in [1.165, 1.54) is 29.5 Å². The van der Waals surface area contributed by atoms with Crippen molar-refractivity contribution in [2.24, 2.45) is 0 Å². The fraction of sp³-hybridized carbons (Fsp3) is 0.0833. The molecule has 1 amide bonds. The summed E-state index contributed by atoms with van der Waals surface area (Å²) in [5.74, 6) is -0.284. The second-order valence-electron chi connectivity index (χ2n) is 3.94. The molecule has 1 aromatic carbocycles. The highest BCUT2D eigenvalue weighted by molar-refractivity contribution is 9.11. The summed E-state index contributed by atoms with van der Waals surface area (Å²) in [6.07, 6.45) is 0. The van der Waals surface area contributed by atoms with Crippen molar-refractivity contribution < 1.29 is 9.72 Å². The van der Waals surface area contributed by atoms with Gasteiger partial charge in [0, 0.05) is 11.8 Å². The number of hydrogen-bond donors (Lipinski definition) is 1. The summed E-state index contributed by atoms with van der Waals surface area (Å²) in [4.78, 5) is 22.6. The number of benzene rings is 1. The van der Waals surface area contributed by atoms with E-state index in [1.54, 1.807) is 6.07 Å². The first kappa shape index (κ1) is 15.0. The molecule has 0 saturated heterocycles. The molecule has 0 aliphatic carbocycles. The van der Waals surface area contributed by atoms with Crippen LogP contribution >= 0.6 is 38.9 Å². The molecule has 0 unspecified atom stereocenters. The zero-order valence-electron chi connectivity index (χ0n) is 10.1. The first-order chi connectivity index (χ1) is 9.38. The maximum Gasteiger partial charge on any atom is 0.288 e. The SMILES string of the molecule is Cc1cc(C(=O)Nc2ccc([N+](=O)[O-])c(Cl)c2)sc1Br. The van der Waals surface area contributed by atoms with Crippen LogP contribution in [0.15, 0.2) is 28.1 Å². The summed E-state index contributed by atoms with van der Waals surface area (Å²) in [5.41, 5.74) is 1.19. The first-order valence-corrected chi connectivity index (χ1v) is 7.38. The quantitative estimate of drug-likeness (QED) is 0.628. The minimum Gasteiger partial charge on any atom is -0.321 e. The van der Waals surface area contributed by atoms with Crippen LogP contribution in [-0.4, -0.2) is 10.8 Å². The van der Waals surface area contributed by atoms with Gasteiger partial charge >= 0.3 is 0 Å². The number of amides is 1. The maximum atomic E-state index is 12.0. The number of thiophene rings is 1. The predicted octanol–water partition coefficient (Wildman–Crippen LogP) is 4.63. The van der Waals surface area contributed by atoms with E-state index in [0.717, 1.165) is 9.35 Å². The van der Waals surface area contributed by atoms with Gasteiger partial charge in [-0.05, 0) is 46.6 Å². The van der Waals surface area contributed by atoms with Crippen molar-refractivity contribution in [3.63, 3.8) is 0 Å². The topological polar surface area (TPSA) is 72.2 Å². The van der Waals surface area contributed by atoms with Crippen LogP contribution in [0.5, 0.6) is 0 Å². The van der Waals surface area contributed by atoms with Crippen molar-refractivity contribution in [2.45, 2.75) is 6.92 Å². The monoisotopic (exact) mass is 374 g/mol. The maximum absolute atomic E-state index is 12.0. The number of hydrogen-bond acceptors (Lipinski definition) is 4. The van der Waals surface area contributed by atoms with Gasteiger partial charge in [0.2, 0.25) is 0 Å². The smallest absolute Gasteiger partial charge is 0.288 e. The number of rotatable bonds is 3. The van der Waals surface area contributed by atoms with Crippen molar-refractivity contribution in [3.05, 3.63) is 53.6 Å². The number of nitro benzene ring substituents is 1. The van der Waals surface area contributed by atoms with Gasteiger partial charge in [-0.3, -0.25) is 14.9 Å². The average Bonchev–Trinajstić information content (AvgIpc) is 2.69. The van der Waals surface area contributed by atoms with E-state index in [0.29, 0.717) is 10.6 Å². The van der Waals surface area contributed by atoms with Crippen LogP contribution in [-0.2, 0) is 0 Å². The normalized spacial score (nSPS) is 10.3. The lowest BCUT2D eigenvalue weighted by Crippen LogP contribution is -2.10. The number of carbonyl (C=O) groups is 1. The minimum absolute atomic E-state index is 0.0173. The second kappa shape index (κ2) is 5.90. The molecule has 0 spiro atoms. The Kier molecular flexibility index (Phi) is 4.42. The van der Waals surface area contributed by atoms with Crippen molar-refractivity contribution in [3.8, 4) is 0 Å². The van der Waals surface area contributed by atoms with Crippen LogP contribution in [0.1, 0.15) is 15.2 Å². The third kappa shape index (κ3) is 3.17. The van der Waals surface area contributed by atoms with Crippen LogP contribution in [0, 0.1) is 17.0 Å². The molecular formula is C12H8BrClN2O3S. The predicted molar refractivity (Wildman–Crippen MR) is 82.8 cm³/mol. The molecule has 2 aromatic rings. The highest BCUT2D eigenvalue weighted by Crippen LogP contribution is 2.30. The van der Waals surface area contributed by atoms with Crippen molar-refractivity contribution in [2.75, 3.05) is 5.32 Å². The third-order valence-electron chi connectivity index (χ3n) is 2.48. The molecule has 5 nitrogen and oxygen atoms in total. The number of halogens is 2. The average molecular weight is 376 g/mol. The van der Waals surface area contributed by atoms with Crippen molar-refractivity contribution in [1.29, 1.82) is 0 Å². The molecule has 0 aliphatic heterocycles. The molecule has 0 fully saturated rings. The number of carbonyl (C=O) groups excluding carboxylic acids is 1. The van der Waals surface area contributed by atoms with Gasteiger partial charge in [-0.2, -0.15) is 0 Å². The summed E-state index contributed by atoms with van der Waals surface area (Å²) >= 11 is 10.5. The van der Waals surface area contributed by atoms with Gasteiger partial charge < -0.3 is 5.32 Å². The highest BCUT2D eigenvalue weighted by Gasteiger charge is 2.15. The fourth-order valence-corrected chi connectivity index (χ4v) is 3.18. The first-order valence-electron chi connectivity index (χ1n) is 5.39. The van der Waals surface area contributed by atoms with Crippen molar-refractivity contribution >= 4 is 56.1 Å². The van der Waals surface area contributed by atoms with E-state index in [9.17, 15) is 14.9 Å². The highest BCUT2D eigenvalue weighted by atomic mass is 79.9. The Labute approximate surface area is 131 Å². The molecule has 1 aromatic heterocycles. The number of nitro groups is 1. The molecule has 0 aliphatic rings. The van der Waals surface area contributed by atoms with E-state index in [2.05, 4.69) is 21.2 Å². The van der Waals surface area contributed by atoms with E-state index in [4.69, 9.17) is 11.6 Å². The summed E-state index contributed by atoms with van der Waals surface area (Å²) in [5, 5.41) is 13.3. The third-order valence-corrected chi connectivity index (χ3v) is 4.92. The summed E-state index contributed by atoms with van der Waals surface area (Å²) in [7, 11) is 0. The van der Waals surface area contributed by atoms with E-state index in [1.807, 2.05) is 6.92 Å². The minimum atomic E-state index is -0.576. The Bertz CT molecular complexity index is 683. The van der Waals surface area contributed by atoms with Crippen LogP contribution in [0.2, 0.25) is 5.02 Å². The molecule has 20 heavy (non-hydrogen) atoms. The van der Waals surface area contributed by atoms with Gasteiger partial charge in [0.25, 0.3) is 11.6 Å². The molecule has 0 bridgehead atoms. The summed E-state index contributed by atoms with van der Waals surface area (Å²) in [6.45, 7) is 1.89. The van der Waals surface area contributed by atoms with Crippen LogP contribution in [0.4, 0.5) is 11.4 Å². The molecule has 2 rings (SSSR count). The molecular weight excluding hydrogens is 368 g/mol. The Morgan fingerprint density at radius 3 is 2.65 bits per heavy atom. The Hall–Kier alpha value is -1.44. The lowest BCUT2D eigenvalue weighted by molar-refractivity contribution is -0.384. The molecule has 104 valence electrons. The second-order valence-corrected chi connectivity index (χ2v) is 6.72. The Morgan fingerprint density at radius 2 is 2.15 bits per heavy atom. The van der Waals surface area contributed by atoms with Crippen LogP contribution < -0.4 is 5.32 Å². The lowest BCUT2D eigenvalue weighted by Gasteiger charge is -2.04. The molecule has 1 heterocycles. The standard InChI is InChI=1S/C12H8BrClN2O3S/c1-6-4-10(20-11(6)13)12(17)15-7-2-3-9(16(18)19)8(14)5-7/h2-5H,1H3,(H,15,17). The number of nitrogens with zero attached hydrogens (tertiary/aromatic N) is 1. The zero-order valence-corrected chi connectivity index (χ0v) is 13.3. The van der Waals surface area contributed by atoms with Gasteiger partial charge in [0.15, 0.2) is 0 Å². The van der Waals surface area contributed by atoms with E-state index >= 15 is 0 Å². The molecule has 0 saturated carbocycles. The van der Waals surface area contributed by atoms with Crippen LogP contribution in [0.3, 0.4) is 0 Å². The van der Waals surface area contributed by atoms with Crippen LogP contribution in [0.25, 0.3) is 0 Å². The Morgan fingerprint density at radius 1 is 1.45 bits per heavy atom. The summed E-state index contributed by atoms with van der Waals surface area (Å²) in [6, 6.07) is 5.81. The van der Waals surface area contributed by atoms with E-state index < -0.39 is 4.92 Å². The molecule has 1 N–H and O–H groups in total. The van der Waals surface area contributed by atoms with Crippen molar-refractivity contribution in [1.82, 2.24) is 0 Å². The zero-order chi connectivity index (χ0) is 14.9.